The summed E-state index contributed by atoms with van der Waals surface area (Å²) in [7, 11) is 0. The van der Waals surface area contributed by atoms with E-state index in [4.69, 9.17) is 0 Å². The summed E-state index contributed by atoms with van der Waals surface area (Å²) in [5.41, 5.74) is -0.304. The van der Waals surface area contributed by atoms with Crippen LogP contribution in [-0.2, 0) is 4.79 Å². The van der Waals surface area contributed by atoms with Crippen molar-refractivity contribution < 1.29 is 9.90 Å². The van der Waals surface area contributed by atoms with Crippen molar-refractivity contribution >= 4 is 17.7 Å². The molecule has 0 spiro atoms. The number of aliphatic carboxylic acids is 1. The van der Waals surface area contributed by atoms with E-state index >= 15 is 0 Å². The summed E-state index contributed by atoms with van der Waals surface area (Å²) >= 11 is 1.98. The number of thioether (sulfide) groups is 1. The van der Waals surface area contributed by atoms with Crippen molar-refractivity contribution in [2.45, 2.75) is 58.0 Å². The van der Waals surface area contributed by atoms with Gasteiger partial charge in [-0.1, -0.05) is 13.8 Å². The number of carboxylic acid groups (broad SMARTS) is 1. The Morgan fingerprint density at radius 2 is 2.06 bits per heavy atom. The van der Waals surface area contributed by atoms with E-state index < -0.39 is 11.5 Å². The van der Waals surface area contributed by atoms with E-state index in [2.05, 4.69) is 18.7 Å². The molecule has 0 saturated carbocycles. The molecular formula is C14H25NO2S. The summed E-state index contributed by atoms with van der Waals surface area (Å²) in [5.74, 6) is 1.64. The Morgan fingerprint density at radius 3 is 2.67 bits per heavy atom. The van der Waals surface area contributed by atoms with E-state index in [1.165, 1.54) is 5.75 Å². The van der Waals surface area contributed by atoms with Crippen LogP contribution >= 0.6 is 11.8 Å². The SMILES string of the molecule is CC1(C)CSCC(N2CCCCC2(C)C(=O)O)C1. The van der Waals surface area contributed by atoms with Crippen molar-refractivity contribution in [2.24, 2.45) is 5.41 Å². The summed E-state index contributed by atoms with van der Waals surface area (Å²) in [5, 5.41) is 9.58. The number of rotatable bonds is 2. The summed E-state index contributed by atoms with van der Waals surface area (Å²) in [6, 6.07) is 0.431. The zero-order chi connectivity index (χ0) is 13.4. The number of hydrogen-bond donors (Lipinski definition) is 1. The van der Waals surface area contributed by atoms with Gasteiger partial charge in [0.25, 0.3) is 0 Å². The Bertz CT molecular complexity index is 332. The molecular weight excluding hydrogens is 246 g/mol. The normalized spacial score (nSPS) is 37.4. The lowest BCUT2D eigenvalue weighted by Gasteiger charge is -2.49. The molecule has 1 N–H and O–H groups in total. The molecule has 2 heterocycles. The van der Waals surface area contributed by atoms with Crippen LogP contribution in [-0.4, -0.2) is 45.6 Å². The van der Waals surface area contributed by atoms with Crippen LogP contribution in [0, 0.1) is 5.41 Å². The highest BCUT2D eigenvalue weighted by Crippen LogP contribution is 2.40. The van der Waals surface area contributed by atoms with Crippen LogP contribution in [0.5, 0.6) is 0 Å². The second kappa shape index (κ2) is 5.04. The van der Waals surface area contributed by atoms with Crippen LogP contribution in [0.4, 0.5) is 0 Å². The van der Waals surface area contributed by atoms with Gasteiger partial charge in [-0.15, -0.1) is 0 Å². The van der Waals surface area contributed by atoms with Crippen LogP contribution in [0.2, 0.25) is 0 Å². The first-order valence-electron chi connectivity index (χ1n) is 6.93. The molecule has 0 aromatic heterocycles. The van der Waals surface area contributed by atoms with E-state index in [1.54, 1.807) is 0 Å². The fourth-order valence-corrected chi connectivity index (χ4v) is 4.74. The molecule has 0 aromatic carbocycles. The quantitative estimate of drug-likeness (QED) is 0.838. The van der Waals surface area contributed by atoms with Gasteiger partial charge in [0.15, 0.2) is 0 Å². The maximum absolute atomic E-state index is 11.6. The van der Waals surface area contributed by atoms with Gasteiger partial charge in [-0.25, -0.2) is 0 Å². The van der Waals surface area contributed by atoms with Gasteiger partial charge in [-0.3, -0.25) is 9.69 Å². The largest absolute Gasteiger partial charge is 0.480 e. The van der Waals surface area contributed by atoms with Crippen molar-refractivity contribution in [1.29, 1.82) is 0 Å². The maximum Gasteiger partial charge on any atom is 0.323 e. The number of likely N-dealkylation sites (tertiary alicyclic amines) is 1. The van der Waals surface area contributed by atoms with Crippen molar-refractivity contribution in [1.82, 2.24) is 4.90 Å². The van der Waals surface area contributed by atoms with Crippen molar-refractivity contribution in [3.05, 3.63) is 0 Å². The number of hydrogen-bond acceptors (Lipinski definition) is 3. The van der Waals surface area contributed by atoms with Gasteiger partial charge in [0.2, 0.25) is 0 Å². The van der Waals surface area contributed by atoms with Gasteiger partial charge < -0.3 is 5.11 Å². The van der Waals surface area contributed by atoms with E-state index in [1.807, 2.05) is 18.7 Å². The minimum absolute atomic E-state index is 0.338. The topological polar surface area (TPSA) is 40.5 Å². The summed E-state index contributed by atoms with van der Waals surface area (Å²) in [6.45, 7) is 7.47. The fourth-order valence-electron chi connectivity index (χ4n) is 3.38. The molecule has 18 heavy (non-hydrogen) atoms. The molecule has 0 aromatic rings. The van der Waals surface area contributed by atoms with Gasteiger partial charge in [-0.05, 0) is 50.3 Å². The van der Waals surface area contributed by atoms with Gasteiger partial charge in [0, 0.05) is 11.8 Å². The van der Waals surface area contributed by atoms with Crippen molar-refractivity contribution in [3.63, 3.8) is 0 Å². The number of piperidine rings is 1. The molecule has 2 unspecified atom stereocenters. The Kier molecular flexibility index (Phi) is 3.98. The van der Waals surface area contributed by atoms with Crippen molar-refractivity contribution in [2.75, 3.05) is 18.1 Å². The molecule has 0 amide bonds. The lowest BCUT2D eigenvalue weighted by atomic mass is 9.82. The Labute approximate surface area is 114 Å². The van der Waals surface area contributed by atoms with Gasteiger partial charge in [0.1, 0.15) is 5.54 Å². The number of nitrogens with zero attached hydrogens (tertiary/aromatic N) is 1. The summed E-state index contributed by atoms with van der Waals surface area (Å²) in [6.07, 6.45) is 4.11. The predicted molar refractivity (Wildman–Crippen MR) is 76.1 cm³/mol. The predicted octanol–water partition coefficient (Wildman–Crippen LogP) is 2.85. The zero-order valence-corrected chi connectivity index (χ0v) is 12.6. The molecule has 2 rings (SSSR count). The van der Waals surface area contributed by atoms with Crippen LogP contribution < -0.4 is 0 Å². The molecule has 104 valence electrons. The second-order valence-electron chi connectivity index (χ2n) is 6.77. The lowest BCUT2D eigenvalue weighted by molar-refractivity contribution is -0.155. The molecule has 0 aliphatic carbocycles. The first kappa shape index (κ1) is 14.2. The molecule has 3 nitrogen and oxygen atoms in total. The van der Waals surface area contributed by atoms with Gasteiger partial charge in [-0.2, -0.15) is 11.8 Å². The van der Waals surface area contributed by atoms with Gasteiger partial charge in [0.05, 0.1) is 0 Å². The molecule has 2 saturated heterocycles. The molecule has 2 atom stereocenters. The maximum atomic E-state index is 11.6. The first-order chi connectivity index (χ1) is 8.35. The number of carboxylic acids is 1. The smallest absolute Gasteiger partial charge is 0.323 e. The molecule has 2 fully saturated rings. The average Bonchev–Trinajstić information content (AvgIpc) is 2.28. The van der Waals surface area contributed by atoms with E-state index in [9.17, 15) is 9.90 Å². The van der Waals surface area contributed by atoms with E-state index in [0.717, 1.165) is 38.0 Å². The third-order valence-corrected chi connectivity index (χ3v) is 6.05. The summed E-state index contributed by atoms with van der Waals surface area (Å²) < 4.78 is 0. The highest BCUT2D eigenvalue weighted by molar-refractivity contribution is 7.99. The Balaban J connectivity index is 2.16. The van der Waals surface area contributed by atoms with E-state index in [-0.39, 0.29) is 0 Å². The zero-order valence-electron chi connectivity index (χ0n) is 11.7. The highest BCUT2D eigenvalue weighted by Gasteiger charge is 2.46. The van der Waals surface area contributed by atoms with E-state index in [0.29, 0.717) is 11.5 Å². The molecule has 0 bridgehead atoms. The van der Waals surface area contributed by atoms with Crippen LogP contribution in [0.3, 0.4) is 0 Å². The third kappa shape index (κ3) is 2.69. The third-order valence-electron chi connectivity index (χ3n) is 4.44. The van der Waals surface area contributed by atoms with Crippen LogP contribution in [0.15, 0.2) is 0 Å². The summed E-state index contributed by atoms with van der Waals surface area (Å²) in [4.78, 5) is 13.9. The number of carbonyl (C=O) groups is 1. The molecule has 2 aliphatic rings. The van der Waals surface area contributed by atoms with Gasteiger partial charge >= 0.3 is 5.97 Å². The monoisotopic (exact) mass is 271 g/mol. The Hall–Kier alpha value is -0.220. The minimum Gasteiger partial charge on any atom is -0.480 e. The minimum atomic E-state index is -0.643. The van der Waals surface area contributed by atoms with Crippen molar-refractivity contribution in [3.8, 4) is 0 Å². The fraction of sp³-hybridized carbons (Fsp3) is 0.929. The standard InChI is InChI=1S/C14H25NO2S/c1-13(2)8-11(9-18-10-13)15-7-5-4-6-14(15,3)12(16)17/h11H,4-10H2,1-3H3,(H,16,17). The van der Waals surface area contributed by atoms with Crippen LogP contribution in [0.1, 0.15) is 46.5 Å². The highest BCUT2D eigenvalue weighted by atomic mass is 32.2. The average molecular weight is 271 g/mol. The Morgan fingerprint density at radius 1 is 1.33 bits per heavy atom. The first-order valence-corrected chi connectivity index (χ1v) is 8.08. The lowest BCUT2D eigenvalue weighted by Crippen LogP contribution is -2.61. The molecule has 4 heteroatoms. The molecule has 2 aliphatic heterocycles. The molecule has 0 radical (unpaired) electrons. The second-order valence-corrected chi connectivity index (χ2v) is 7.80. The van der Waals surface area contributed by atoms with Crippen LogP contribution in [0.25, 0.3) is 0 Å².